The number of ether oxygens (including phenoxy) is 1. The highest BCUT2D eigenvalue weighted by atomic mass is 35.5. The standard InChI is InChI=1S/C14H22ClNO/c1-10-5-6-11(15)9-12(10)13(16)7-8-14(2,3)17-4/h5-6,9,13H,7-8,16H2,1-4H3. The molecule has 2 nitrogen and oxygen atoms in total. The molecule has 1 rings (SSSR count). The average molecular weight is 256 g/mol. The summed E-state index contributed by atoms with van der Waals surface area (Å²) in [5.41, 5.74) is 8.41. The highest BCUT2D eigenvalue weighted by Gasteiger charge is 2.19. The van der Waals surface area contributed by atoms with Crippen LogP contribution in [0.2, 0.25) is 5.02 Å². The van der Waals surface area contributed by atoms with Crippen molar-refractivity contribution < 1.29 is 4.74 Å². The fraction of sp³-hybridized carbons (Fsp3) is 0.571. The largest absolute Gasteiger partial charge is 0.379 e. The molecule has 0 radical (unpaired) electrons. The van der Waals surface area contributed by atoms with Gasteiger partial charge in [-0.25, -0.2) is 0 Å². The minimum Gasteiger partial charge on any atom is -0.379 e. The number of hydrogen-bond acceptors (Lipinski definition) is 2. The van der Waals surface area contributed by atoms with Crippen molar-refractivity contribution in [1.82, 2.24) is 0 Å². The fourth-order valence-corrected chi connectivity index (χ4v) is 1.95. The van der Waals surface area contributed by atoms with Crippen LogP contribution in [0.5, 0.6) is 0 Å². The van der Waals surface area contributed by atoms with E-state index < -0.39 is 0 Å². The number of aryl methyl sites for hydroxylation is 1. The van der Waals surface area contributed by atoms with Crippen LogP contribution in [0.3, 0.4) is 0 Å². The Morgan fingerprint density at radius 2 is 2.06 bits per heavy atom. The molecule has 0 spiro atoms. The molecular formula is C14H22ClNO. The summed E-state index contributed by atoms with van der Waals surface area (Å²) in [6.07, 6.45) is 1.82. The van der Waals surface area contributed by atoms with E-state index in [1.54, 1.807) is 7.11 Å². The molecule has 0 fully saturated rings. The van der Waals surface area contributed by atoms with Crippen molar-refractivity contribution in [3.05, 3.63) is 34.3 Å². The van der Waals surface area contributed by atoms with E-state index >= 15 is 0 Å². The lowest BCUT2D eigenvalue weighted by Crippen LogP contribution is -2.24. The number of benzene rings is 1. The third kappa shape index (κ3) is 4.30. The molecule has 0 aliphatic heterocycles. The van der Waals surface area contributed by atoms with E-state index in [0.717, 1.165) is 23.4 Å². The van der Waals surface area contributed by atoms with Crippen molar-refractivity contribution in [1.29, 1.82) is 0 Å². The molecule has 0 aliphatic rings. The summed E-state index contributed by atoms with van der Waals surface area (Å²) in [5.74, 6) is 0. The number of rotatable bonds is 5. The van der Waals surface area contributed by atoms with E-state index in [2.05, 4.69) is 20.8 Å². The first-order valence-electron chi connectivity index (χ1n) is 5.92. The molecule has 0 amide bonds. The van der Waals surface area contributed by atoms with Crippen molar-refractivity contribution in [3.63, 3.8) is 0 Å². The zero-order valence-corrected chi connectivity index (χ0v) is 11.8. The molecule has 1 unspecified atom stereocenters. The van der Waals surface area contributed by atoms with Gasteiger partial charge in [-0.3, -0.25) is 0 Å². The van der Waals surface area contributed by atoms with Gasteiger partial charge in [0.15, 0.2) is 0 Å². The zero-order chi connectivity index (χ0) is 13.1. The van der Waals surface area contributed by atoms with Crippen LogP contribution in [0.1, 0.15) is 43.9 Å². The predicted octanol–water partition coefficient (Wildman–Crippen LogP) is 3.85. The number of nitrogens with two attached hydrogens (primary N) is 1. The van der Waals surface area contributed by atoms with Gasteiger partial charge in [-0.05, 0) is 56.9 Å². The highest BCUT2D eigenvalue weighted by molar-refractivity contribution is 6.30. The van der Waals surface area contributed by atoms with Crippen LogP contribution in [0.4, 0.5) is 0 Å². The Kier molecular flexibility index (Phi) is 4.99. The first-order chi connectivity index (χ1) is 7.85. The molecule has 1 aromatic carbocycles. The Labute approximate surface area is 109 Å². The van der Waals surface area contributed by atoms with Gasteiger partial charge in [0.2, 0.25) is 0 Å². The monoisotopic (exact) mass is 255 g/mol. The Morgan fingerprint density at radius 3 is 2.65 bits per heavy atom. The van der Waals surface area contributed by atoms with E-state index in [1.165, 1.54) is 5.56 Å². The van der Waals surface area contributed by atoms with Crippen molar-refractivity contribution >= 4 is 11.6 Å². The Morgan fingerprint density at radius 1 is 1.41 bits per heavy atom. The smallest absolute Gasteiger partial charge is 0.0623 e. The average Bonchev–Trinajstić information content (AvgIpc) is 2.29. The van der Waals surface area contributed by atoms with E-state index in [-0.39, 0.29) is 11.6 Å². The van der Waals surface area contributed by atoms with Gasteiger partial charge in [0, 0.05) is 18.2 Å². The first-order valence-corrected chi connectivity index (χ1v) is 6.30. The van der Waals surface area contributed by atoms with E-state index in [0.29, 0.717) is 0 Å². The zero-order valence-electron chi connectivity index (χ0n) is 11.1. The lowest BCUT2D eigenvalue weighted by Gasteiger charge is -2.25. The van der Waals surface area contributed by atoms with Crippen LogP contribution >= 0.6 is 11.6 Å². The molecule has 2 N–H and O–H groups in total. The molecule has 0 heterocycles. The van der Waals surface area contributed by atoms with Crippen molar-refractivity contribution in [3.8, 4) is 0 Å². The van der Waals surface area contributed by atoms with Crippen molar-refractivity contribution in [2.75, 3.05) is 7.11 Å². The van der Waals surface area contributed by atoms with Gasteiger partial charge in [-0.2, -0.15) is 0 Å². The summed E-state index contributed by atoms with van der Waals surface area (Å²) in [7, 11) is 1.73. The summed E-state index contributed by atoms with van der Waals surface area (Å²) in [5, 5.41) is 0.743. The molecule has 96 valence electrons. The van der Waals surface area contributed by atoms with Gasteiger partial charge in [0.1, 0.15) is 0 Å². The third-order valence-electron chi connectivity index (χ3n) is 3.25. The highest BCUT2D eigenvalue weighted by Crippen LogP contribution is 2.26. The molecule has 0 saturated carbocycles. The molecule has 0 saturated heterocycles. The molecule has 3 heteroatoms. The molecule has 17 heavy (non-hydrogen) atoms. The summed E-state index contributed by atoms with van der Waals surface area (Å²) >= 11 is 6.00. The number of halogens is 1. The maximum absolute atomic E-state index is 6.21. The Bertz CT molecular complexity index is 376. The minimum atomic E-state index is -0.121. The van der Waals surface area contributed by atoms with E-state index in [1.807, 2.05) is 18.2 Å². The fourth-order valence-electron chi connectivity index (χ4n) is 1.77. The lowest BCUT2D eigenvalue weighted by atomic mass is 9.93. The van der Waals surface area contributed by atoms with Crippen molar-refractivity contribution in [2.24, 2.45) is 5.73 Å². The lowest BCUT2D eigenvalue weighted by molar-refractivity contribution is 0.0125. The SMILES string of the molecule is COC(C)(C)CCC(N)c1cc(Cl)ccc1C. The van der Waals surface area contributed by atoms with Crippen LogP contribution in [-0.2, 0) is 4.74 Å². The van der Waals surface area contributed by atoms with Gasteiger partial charge in [0.05, 0.1) is 5.60 Å². The van der Waals surface area contributed by atoms with Gasteiger partial charge < -0.3 is 10.5 Å². The second-order valence-electron chi connectivity index (χ2n) is 5.11. The molecule has 0 bridgehead atoms. The van der Waals surface area contributed by atoms with Crippen LogP contribution in [0.25, 0.3) is 0 Å². The molecule has 1 atom stereocenters. The van der Waals surface area contributed by atoms with Crippen LogP contribution < -0.4 is 5.73 Å². The molecular weight excluding hydrogens is 234 g/mol. The van der Waals surface area contributed by atoms with Crippen molar-refractivity contribution in [2.45, 2.75) is 45.3 Å². The maximum Gasteiger partial charge on any atom is 0.0623 e. The first kappa shape index (κ1) is 14.5. The predicted molar refractivity (Wildman–Crippen MR) is 73.4 cm³/mol. The summed E-state index contributed by atoms with van der Waals surface area (Å²) in [6, 6.07) is 5.88. The normalized spacial score (nSPS) is 13.8. The number of hydrogen-bond donors (Lipinski definition) is 1. The summed E-state index contributed by atoms with van der Waals surface area (Å²) < 4.78 is 5.40. The second kappa shape index (κ2) is 5.85. The van der Waals surface area contributed by atoms with Gasteiger partial charge in [-0.15, -0.1) is 0 Å². The van der Waals surface area contributed by atoms with Gasteiger partial charge >= 0.3 is 0 Å². The molecule has 0 aliphatic carbocycles. The van der Waals surface area contributed by atoms with E-state index in [4.69, 9.17) is 22.1 Å². The minimum absolute atomic E-state index is 0.0168. The van der Waals surface area contributed by atoms with Crippen LogP contribution in [0.15, 0.2) is 18.2 Å². The quantitative estimate of drug-likeness (QED) is 0.867. The van der Waals surface area contributed by atoms with Gasteiger partial charge in [0.25, 0.3) is 0 Å². The summed E-state index contributed by atoms with van der Waals surface area (Å²) in [6.45, 7) is 6.21. The second-order valence-corrected chi connectivity index (χ2v) is 5.55. The molecule has 1 aromatic rings. The topological polar surface area (TPSA) is 35.2 Å². The Hall–Kier alpha value is -0.570. The Balaban J connectivity index is 2.70. The van der Waals surface area contributed by atoms with Crippen LogP contribution in [0, 0.1) is 6.92 Å². The van der Waals surface area contributed by atoms with Crippen LogP contribution in [-0.4, -0.2) is 12.7 Å². The summed E-state index contributed by atoms with van der Waals surface area (Å²) in [4.78, 5) is 0. The van der Waals surface area contributed by atoms with E-state index in [9.17, 15) is 0 Å². The maximum atomic E-state index is 6.21. The number of methoxy groups -OCH3 is 1. The molecule has 0 aromatic heterocycles. The van der Waals surface area contributed by atoms with Gasteiger partial charge in [-0.1, -0.05) is 17.7 Å². The third-order valence-corrected chi connectivity index (χ3v) is 3.49.